The third kappa shape index (κ3) is 9.32. The molecule has 0 aromatic heterocycles. The van der Waals surface area contributed by atoms with Gasteiger partial charge in [0.2, 0.25) is 0 Å². The van der Waals surface area contributed by atoms with E-state index < -0.39 is 12.2 Å². The number of methoxy groups -OCH3 is 1. The largest absolute Gasteiger partial charge is 0.453 e. The molecule has 10 heteroatoms. The molecule has 1 aliphatic carbocycles. The average molecular weight is 539 g/mol. The molecule has 1 aromatic rings. The van der Waals surface area contributed by atoms with Gasteiger partial charge in [-0.25, -0.2) is 9.59 Å². The smallest absolute Gasteiger partial charge is 0.406 e. The van der Waals surface area contributed by atoms with Crippen LogP contribution < -0.4 is 16.4 Å². The lowest BCUT2D eigenvalue weighted by molar-refractivity contribution is -0.00897. The molecular formula is C27H43ClN4O5. The summed E-state index contributed by atoms with van der Waals surface area (Å²) < 4.78 is 10.8. The van der Waals surface area contributed by atoms with Crippen molar-refractivity contribution >= 4 is 23.7 Å². The van der Waals surface area contributed by atoms with Crippen molar-refractivity contribution in [3.8, 4) is 0 Å². The highest BCUT2D eigenvalue weighted by Gasteiger charge is 2.32. The van der Waals surface area contributed by atoms with Crippen molar-refractivity contribution in [3.05, 3.63) is 34.9 Å². The van der Waals surface area contributed by atoms with E-state index in [0.29, 0.717) is 43.6 Å². The predicted molar refractivity (Wildman–Crippen MR) is 143 cm³/mol. The van der Waals surface area contributed by atoms with E-state index in [0.717, 1.165) is 44.1 Å². The third-order valence-electron chi connectivity index (χ3n) is 7.60. The van der Waals surface area contributed by atoms with Gasteiger partial charge < -0.3 is 35.8 Å². The number of aliphatic hydroxyl groups is 1. The number of aliphatic hydroxyl groups excluding tert-OH is 1. The number of ether oxygens (including phenoxy) is 2. The first-order valence-electron chi connectivity index (χ1n) is 13.4. The van der Waals surface area contributed by atoms with Crippen LogP contribution in [-0.2, 0) is 9.47 Å². The van der Waals surface area contributed by atoms with Gasteiger partial charge in [-0.3, -0.25) is 0 Å². The number of carbonyl (C=O) groups is 2. The van der Waals surface area contributed by atoms with Gasteiger partial charge in [-0.2, -0.15) is 0 Å². The molecule has 1 aromatic carbocycles. The summed E-state index contributed by atoms with van der Waals surface area (Å²) in [5, 5.41) is 17.0. The Morgan fingerprint density at radius 2 is 2.00 bits per heavy atom. The van der Waals surface area contributed by atoms with Crippen LogP contribution in [0.2, 0.25) is 5.02 Å². The number of piperidine rings is 1. The van der Waals surface area contributed by atoms with Crippen molar-refractivity contribution in [3.63, 3.8) is 0 Å². The van der Waals surface area contributed by atoms with E-state index in [1.54, 1.807) is 0 Å². The molecule has 0 radical (unpaired) electrons. The van der Waals surface area contributed by atoms with Crippen LogP contribution >= 0.6 is 11.6 Å². The number of benzene rings is 1. The molecule has 4 atom stereocenters. The molecule has 0 bridgehead atoms. The lowest BCUT2D eigenvalue weighted by atomic mass is 9.82. The van der Waals surface area contributed by atoms with Crippen LogP contribution in [0.25, 0.3) is 0 Å². The lowest BCUT2D eigenvalue weighted by Crippen LogP contribution is -2.51. The van der Waals surface area contributed by atoms with E-state index in [1.807, 2.05) is 36.1 Å². The molecule has 1 aliphatic heterocycles. The minimum absolute atomic E-state index is 0.0581. The van der Waals surface area contributed by atoms with Crippen LogP contribution in [0, 0.1) is 11.8 Å². The Bertz CT molecular complexity index is 867. The van der Waals surface area contributed by atoms with E-state index in [2.05, 4.69) is 15.4 Å². The van der Waals surface area contributed by atoms with Crippen LogP contribution in [0.3, 0.4) is 0 Å². The van der Waals surface area contributed by atoms with Gasteiger partial charge in [0.15, 0.2) is 0 Å². The van der Waals surface area contributed by atoms with Crippen molar-refractivity contribution in [2.45, 2.75) is 76.2 Å². The minimum Gasteiger partial charge on any atom is -0.453 e. The summed E-state index contributed by atoms with van der Waals surface area (Å²) in [4.78, 5) is 26.3. The number of urea groups is 1. The number of nitrogens with two attached hydrogens (primary N) is 1. The van der Waals surface area contributed by atoms with Crippen LogP contribution in [0.15, 0.2) is 24.3 Å². The number of alkyl carbamates (subject to hydrolysis) is 1. The molecule has 5 N–H and O–H groups in total. The summed E-state index contributed by atoms with van der Waals surface area (Å²) in [6.45, 7) is 3.65. The number of nitrogens with one attached hydrogen (secondary N) is 2. The Kier molecular flexibility index (Phi) is 11.8. The number of rotatable bonds is 10. The first kappa shape index (κ1) is 29.5. The maximum atomic E-state index is 13.1. The van der Waals surface area contributed by atoms with Gasteiger partial charge in [-0.15, -0.1) is 0 Å². The number of halogens is 1. The van der Waals surface area contributed by atoms with Crippen molar-refractivity contribution in [2.75, 3.05) is 33.4 Å². The van der Waals surface area contributed by atoms with E-state index in [-0.39, 0.29) is 30.1 Å². The second-order valence-corrected chi connectivity index (χ2v) is 10.9. The summed E-state index contributed by atoms with van der Waals surface area (Å²) in [6.07, 6.45) is 5.12. The molecule has 3 amide bonds. The van der Waals surface area contributed by atoms with Gasteiger partial charge in [-0.05, 0) is 75.5 Å². The zero-order chi connectivity index (χ0) is 26.8. The number of hydrogen-bond acceptors (Lipinski definition) is 6. The third-order valence-corrected chi connectivity index (χ3v) is 7.83. The molecule has 0 spiro atoms. The van der Waals surface area contributed by atoms with Crippen LogP contribution in [0.4, 0.5) is 9.59 Å². The summed E-state index contributed by atoms with van der Waals surface area (Å²) >= 11 is 6.26. The van der Waals surface area contributed by atoms with Gasteiger partial charge in [0.05, 0.1) is 32.0 Å². The fourth-order valence-electron chi connectivity index (χ4n) is 5.39. The van der Waals surface area contributed by atoms with Gasteiger partial charge >= 0.3 is 12.1 Å². The monoisotopic (exact) mass is 538 g/mol. The second kappa shape index (κ2) is 14.8. The van der Waals surface area contributed by atoms with Crippen molar-refractivity contribution in [2.24, 2.45) is 17.6 Å². The lowest BCUT2D eigenvalue weighted by Gasteiger charge is -2.38. The number of nitrogens with zero attached hydrogens (tertiary/aromatic N) is 1. The summed E-state index contributed by atoms with van der Waals surface area (Å²) in [5.74, 6) is 0.514. The Morgan fingerprint density at radius 1 is 1.24 bits per heavy atom. The van der Waals surface area contributed by atoms with Crippen LogP contribution in [0.5, 0.6) is 0 Å². The Morgan fingerprint density at radius 3 is 2.70 bits per heavy atom. The topological polar surface area (TPSA) is 126 Å². The normalized spacial score (nSPS) is 24.6. The summed E-state index contributed by atoms with van der Waals surface area (Å²) in [7, 11) is 1.32. The molecule has 3 rings (SSSR count). The standard InChI is InChI=1S/C27H43ClN4O5/c1-18(24(33)15-19-8-10-23(29)11-9-19)31-26(34)32-13-4-6-21(17-32)25(20-5-3-7-22(28)16-20)37-14-12-30-27(35)36-2/h3,5,7,16,18-19,21,23-25,33H,4,6,8-15,17,29H2,1-2H3,(H,30,35)(H,31,34)/t18-,19?,21+,23?,24-,25?/m0/s1. The zero-order valence-corrected chi connectivity index (χ0v) is 22.8. The first-order chi connectivity index (χ1) is 17.8. The van der Waals surface area contributed by atoms with Crippen molar-refractivity contribution in [1.29, 1.82) is 0 Å². The highest BCUT2D eigenvalue weighted by atomic mass is 35.5. The van der Waals surface area contributed by atoms with Gasteiger partial charge in [0, 0.05) is 36.6 Å². The highest BCUT2D eigenvalue weighted by molar-refractivity contribution is 6.30. The van der Waals surface area contributed by atoms with Crippen molar-refractivity contribution < 1.29 is 24.2 Å². The van der Waals surface area contributed by atoms with Crippen molar-refractivity contribution in [1.82, 2.24) is 15.5 Å². The molecule has 1 unspecified atom stereocenters. The molecule has 1 saturated carbocycles. The quantitative estimate of drug-likeness (QED) is 0.335. The predicted octanol–water partition coefficient (Wildman–Crippen LogP) is 3.83. The molecular weight excluding hydrogens is 496 g/mol. The van der Waals surface area contributed by atoms with E-state index >= 15 is 0 Å². The number of likely N-dealkylation sites (tertiary alicyclic amines) is 1. The zero-order valence-electron chi connectivity index (χ0n) is 22.0. The molecule has 2 fully saturated rings. The maximum absolute atomic E-state index is 13.1. The van der Waals surface area contributed by atoms with E-state index in [9.17, 15) is 14.7 Å². The SMILES string of the molecule is COC(=O)NCCOC(c1cccc(Cl)c1)[C@@H]1CCCN(C(=O)N[C@@H](C)[C@@H](O)CC2CCC(N)CC2)C1. The maximum Gasteiger partial charge on any atom is 0.406 e. The highest BCUT2D eigenvalue weighted by Crippen LogP contribution is 2.34. The molecule has 37 heavy (non-hydrogen) atoms. The number of amides is 3. The number of carbonyl (C=O) groups excluding carboxylic acids is 2. The van der Waals surface area contributed by atoms with Crippen LogP contribution in [-0.4, -0.2) is 73.7 Å². The summed E-state index contributed by atoms with van der Waals surface area (Å²) in [6, 6.07) is 7.33. The molecule has 2 aliphatic rings. The second-order valence-electron chi connectivity index (χ2n) is 10.4. The Hall–Kier alpha value is -2.07. The fourth-order valence-corrected chi connectivity index (χ4v) is 5.59. The molecule has 1 saturated heterocycles. The number of hydrogen-bond donors (Lipinski definition) is 4. The first-order valence-corrected chi connectivity index (χ1v) is 13.8. The van der Waals surface area contributed by atoms with Gasteiger partial charge in [-0.1, -0.05) is 23.7 Å². The van der Waals surface area contributed by atoms with E-state index in [1.165, 1.54) is 7.11 Å². The fraction of sp³-hybridized carbons (Fsp3) is 0.704. The molecule has 9 nitrogen and oxygen atoms in total. The Labute approximate surface area is 225 Å². The summed E-state index contributed by atoms with van der Waals surface area (Å²) in [5.41, 5.74) is 6.94. The average Bonchev–Trinajstić information content (AvgIpc) is 2.89. The Balaban J connectivity index is 1.56. The molecule has 208 valence electrons. The minimum atomic E-state index is -0.589. The molecule has 1 heterocycles. The van der Waals surface area contributed by atoms with Gasteiger partial charge in [0.25, 0.3) is 0 Å². The van der Waals surface area contributed by atoms with Crippen LogP contribution in [0.1, 0.15) is 63.5 Å². The van der Waals surface area contributed by atoms with E-state index in [4.69, 9.17) is 22.1 Å². The van der Waals surface area contributed by atoms with Gasteiger partial charge in [0.1, 0.15) is 0 Å².